The van der Waals surface area contributed by atoms with Crippen LogP contribution in [0.15, 0.2) is 24.3 Å². The number of nitrogens with two attached hydrogens (primary N) is 1. The van der Waals surface area contributed by atoms with Crippen LogP contribution in [0.4, 0.5) is 0 Å². The number of hydrogen-bond acceptors (Lipinski definition) is 4. The van der Waals surface area contributed by atoms with Gasteiger partial charge in [-0.05, 0) is 64.2 Å². The molecule has 0 saturated heterocycles. The van der Waals surface area contributed by atoms with Gasteiger partial charge in [0.15, 0.2) is 0 Å². The van der Waals surface area contributed by atoms with Gasteiger partial charge in [0.1, 0.15) is 6.10 Å². The molecule has 43 heavy (non-hydrogen) atoms. The van der Waals surface area contributed by atoms with E-state index in [0.29, 0.717) is 13.2 Å². The summed E-state index contributed by atoms with van der Waals surface area (Å²) in [5, 5.41) is 0. The van der Waals surface area contributed by atoms with Crippen molar-refractivity contribution in [2.75, 3.05) is 26.4 Å². The highest BCUT2D eigenvalue weighted by Crippen LogP contribution is 2.12. The maximum absolute atomic E-state index is 5.99. The van der Waals surface area contributed by atoms with E-state index in [1.165, 1.54) is 167 Å². The lowest BCUT2D eigenvalue weighted by Crippen LogP contribution is -2.28. The van der Waals surface area contributed by atoms with Crippen LogP contribution in [-0.2, 0) is 14.3 Å². The van der Waals surface area contributed by atoms with Crippen LogP contribution in [0.1, 0.15) is 194 Å². The fourth-order valence-corrected chi connectivity index (χ4v) is 5.52. The fraction of sp³-hybridized carbons (Fsp3) is 0.897. The molecule has 0 aliphatic carbocycles. The van der Waals surface area contributed by atoms with Crippen molar-refractivity contribution in [3.63, 3.8) is 0 Å². The average Bonchev–Trinajstić information content (AvgIpc) is 3.01. The van der Waals surface area contributed by atoms with Gasteiger partial charge in [-0.2, -0.15) is 0 Å². The third-order valence-electron chi connectivity index (χ3n) is 8.40. The Bertz CT molecular complexity index is 551. The topological polar surface area (TPSA) is 53.7 Å². The van der Waals surface area contributed by atoms with E-state index in [1.807, 2.05) is 0 Å². The molecule has 0 bridgehead atoms. The second kappa shape index (κ2) is 39.3. The third-order valence-corrected chi connectivity index (χ3v) is 8.40. The largest absolute Gasteiger partial charge is 0.379 e. The van der Waals surface area contributed by atoms with E-state index in [9.17, 15) is 0 Å². The van der Waals surface area contributed by atoms with Crippen molar-refractivity contribution in [2.24, 2.45) is 5.90 Å². The standard InChI is InChI=1S/C39H77NO3/c1-3-5-7-9-11-13-15-17-19-21-23-25-27-29-31-33-35-41-37-39(38-43-40)42-36-34-32-30-28-26-24-22-20-18-16-14-12-10-8-6-4-2/h17-20,39H,3-16,21-38,40H2,1-2H3/b19-17-,20-18-. The molecule has 0 rings (SSSR count). The van der Waals surface area contributed by atoms with Crippen LogP contribution in [0, 0.1) is 0 Å². The van der Waals surface area contributed by atoms with Gasteiger partial charge in [0, 0.05) is 13.2 Å². The molecule has 0 aromatic carbocycles. The van der Waals surface area contributed by atoms with E-state index < -0.39 is 0 Å². The fourth-order valence-electron chi connectivity index (χ4n) is 5.52. The summed E-state index contributed by atoms with van der Waals surface area (Å²) in [6.07, 6.45) is 46.7. The molecule has 0 heterocycles. The van der Waals surface area contributed by atoms with Crippen LogP contribution in [0.2, 0.25) is 0 Å². The zero-order valence-corrected chi connectivity index (χ0v) is 29.3. The van der Waals surface area contributed by atoms with Crippen LogP contribution in [0.3, 0.4) is 0 Å². The van der Waals surface area contributed by atoms with Crippen molar-refractivity contribution in [3.8, 4) is 0 Å². The van der Waals surface area contributed by atoms with Gasteiger partial charge >= 0.3 is 0 Å². The molecule has 0 saturated carbocycles. The molecular weight excluding hydrogens is 530 g/mol. The molecule has 1 unspecified atom stereocenters. The molecule has 4 heteroatoms. The molecule has 1 atom stereocenters. The zero-order valence-electron chi connectivity index (χ0n) is 29.3. The van der Waals surface area contributed by atoms with E-state index in [0.717, 1.165) is 26.1 Å². The van der Waals surface area contributed by atoms with Gasteiger partial charge in [-0.15, -0.1) is 0 Å². The molecule has 0 radical (unpaired) electrons. The molecule has 0 aliphatic rings. The van der Waals surface area contributed by atoms with E-state index in [1.54, 1.807) is 0 Å². The Labute approximate surface area is 270 Å². The van der Waals surface area contributed by atoms with Crippen molar-refractivity contribution in [3.05, 3.63) is 24.3 Å². The summed E-state index contributed by atoms with van der Waals surface area (Å²) < 4.78 is 11.9. The Kier molecular flexibility index (Phi) is 38.7. The number of rotatable bonds is 37. The predicted molar refractivity (Wildman–Crippen MR) is 190 cm³/mol. The minimum Gasteiger partial charge on any atom is -0.379 e. The normalized spacial score (nSPS) is 12.7. The third kappa shape index (κ3) is 37.4. The molecule has 0 amide bonds. The zero-order chi connectivity index (χ0) is 31.2. The van der Waals surface area contributed by atoms with Gasteiger partial charge < -0.3 is 14.3 Å². The maximum atomic E-state index is 5.99. The van der Waals surface area contributed by atoms with Gasteiger partial charge in [0.05, 0.1) is 13.2 Å². The molecule has 0 aliphatic heterocycles. The van der Waals surface area contributed by atoms with Crippen LogP contribution < -0.4 is 5.90 Å². The second-order valence-corrected chi connectivity index (χ2v) is 12.8. The highest BCUT2D eigenvalue weighted by molar-refractivity contribution is 4.82. The maximum Gasteiger partial charge on any atom is 0.106 e. The number of allylic oxidation sites excluding steroid dienone is 4. The van der Waals surface area contributed by atoms with Crippen molar-refractivity contribution >= 4 is 0 Å². The molecule has 0 aromatic heterocycles. The summed E-state index contributed by atoms with van der Waals surface area (Å²) in [6.45, 7) is 7.12. The van der Waals surface area contributed by atoms with Crippen LogP contribution in [0.25, 0.3) is 0 Å². The first-order chi connectivity index (χ1) is 21.3. The molecule has 2 N–H and O–H groups in total. The average molecular weight is 608 g/mol. The van der Waals surface area contributed by atoms with Crippen molar-refractivity contribution in [1.82, 2.24) is 0 Å². The highest BCUT2D eigenvalue weighted by atomic mass is 16.6. The monoisotopic (exact) mass is 608 g/mol. The quantitative estimate of drug-likeness (QED) is 0.0433. The summed E-state index contributed by atoms with van der Waals surface area (Å²) in [7, 11) is 0. The smallest absolute Gasteiger partial charge is 0.106 e. The molecular formula is C39H77NO3. The van der Waals surface area contributed by atoms with Crippen molar-refractivity contribution in [2.45, 2.75) is 200 Å². The Hall–Kier alpha value is -0.680. The first kappa shape index (κ1) is 42.3. The number of hydrogen-bond donors (Lipinski definition) is 1. The lowest BCUT2D eigenvalue weighted by Gasteiger charge is -2.17. The number of ether oxygens (including phenoxy) is 2. The van der Waals surface area contributed by atoms with Gasteiger partial charge in [-0.3, -0.25) is 0 Å². The van der Waals surface area contributed by atoms with Gasteiger partial charge in [-0.25, -0.2) is 5.90 Å². The van der Waals surface area contributed by atoms with Gasteiger partial charge in [0.25, 0.3) is 0 Å². The van der Waals surface area contributed by atoms with E-state index in [4.69, 9.17) is 20.2 Å². The Balaban J connectivity index is 3.42. The van der Waals surface area contributed by atoms with Gasteiger partial charge in [0.2, 0.25) is 0 Å². The SMILES string of the molecule is CCCCCCCC/C=C\CCCCCCCCOCC(CON)OCCCCCCCC/C=C\CCCCCCCC. The molecule has 0 fully saturated rings. The Morgan fingerprint density at radius 2 is 0.767 bits per heavy atom. The lowest BCUT2D eigenvalue weighted by molar-refractivity contribution is -0.0619. The summed E-state index contributed by atoms with van der Waals surface area (Å²) >= 11 is 0. The summed E-state index contributed by atoms with van der Waals surface area (Å²) in [6, 6.07) is 0. The van der Waals surface area contributed by atoms with E-state index in [-0.39, 0.29) is 6.10 Å². The van der Waals surface area contributed by atoms with Gasteiger partial charge in [-0.1, -0.05) is 154 Å². The first-order valence-corrected chi connectivity index (χ1v) is 19.2. The molecule has 4 nitrogen and oxygen atoms in total. The van der Waals surface area contributed by atoms with E-state index >= 15 is 0 Å². The summed E-state index contributed by atoms with van der Waals surface area (Å²) in [5.41, 5.74) is 0. The lowest BCUT2D eigenvalue weighted by atomic mass is 10.1. The Morgan fingerprint density at radius 3 is 1.16 bits per heavy atom. The van der Waals surface area contributed by atoms with Crippen LogP contribution in [-0.4, -0.2) is 32.5 Å². The predicted octanol–water partition coefficient (Wildman–Crippen LogP) is 12.4. The molecule has 256 valence electrons. The second-order valence-electron chi connectivity index (χ2n) is 12.8. The summed E-state index contributed by atoms with van der Waals surface area (Å²) in [5.74, 6) is 5.32. The minimum absolute atomic E-state index is 0.0535. The van der Waals surface area contributed by atoms with Crippen LogP contribution >= 0.6 is 0 Å². The van der Waals surface area contributed by atoms with Crippen molar-refractivity contribution < 1.29 is 14.3 Å². The first-order valence-electron chi connectivity index (χ1n) is 19.2. The summed E-state index contributed by atoms with van der Waals surface area (Å²) in [4.78, 5) is 4.86. The van der Waals surface area contributed by atoms with Crippen LogP contribution in [0.5, 0.6) is 0 Å². The van der Waals surface area contributed by atoms with Crippen molar-refractivity contribution in [1.29, 1.82) is 0 Å². The van der Waals surface area contributed by atoms with E-state index in [2.05, 4.69) is 38.2 Å². The molecule has 0 spiro atoms. The Morgan fingerprint density at radius 1 is 0.419 bits per heavy atom. The highest BCUT2D eigenvalue weighted by Gasteiger charge is 2.09. The number of unbranched alkanes of at least 4 members (excludes halogenated alkanes) is 24. The molecule has 0 aromatic rings. The minimum atomic E-state index is -0.0535.